The Hall–Kier alpha value is -1.02. The molecule has 92 valence electrons. The van der Waals surface area contributed by atoms with Gasteiger partial charge in [0.05, 0.1) is 0 Å². The quantitative estimate of drug-likeness (QED) is 0.841. The standard InChI is InChI=1S/C15H21NO/c1-2-9-16-15(11-7-8-11)14-10-12-5-3-4-6-13(12)17-14/h3-6,11,14-16H,2,7-10H2,1H3. The van der Waals surface area contributed by atoms with Crippen LogP contribution in [-0.4, -0.2) is 18.7 Å². The summed E-state index contributed by atoms with van der Waals surface area (Å²) in [4.78, 5) is 0. The van der Waals surface area contributed by atoms with E-state index < -0.39 is 0 Å². The summed E-state index contributed by atoms with van der Waals surface area (Å²) in [5.74, 6) is 1.95. The summed E-state index contributed by atoms with van der Waals surface area (Å²) in [6.07, 6.45) is 5.37. The summed E-state index contributed by atoms with van der Waals surface area (Å²) in [5.41, 5.74) is 1.38. The van der Waals surface area contributed by atoms with Crippen LogP contribution in [0.5, 0.6) is 5.75 Å². The smallest absolute Gasteiger partial charge is 0.123 e. The highest BCUT2D eigenvalue weighted by Crippen LogP contribution is 2.39. The minimum Gasteiger partial charge on any atom is -0.488 e. The molecule has 2 aliphatic rings. The van der Waals surface area contributed by atoms with Crippen molar-refractivity contribution in [3.8, 4) is 5.75 Å². The van der Waals surface area contributed by atoms with Crippen molar-refractivity contribution in [1.29, 1.82) is 0 Å². The zero-order valence-electron chi connectivity index (χ0n) is 10.5. The Morgan fingerprint density at radius 2 is 2.18 bits per heavy atom. The van der Waals surface area contributed by atoms with Crippen molar-refractivity contribution >= 4 is 0 Å². The highest BCUT2D eigenvalue weighted by Gasteiger charge is 2.39. The highest BCUT2D eigenvalue weighted by atomic mass is 16.5. The van der Waals surface area contributed by atoms with E-state index in [1.165, 1.54) is 24.8 Å². The fourth-order valence-electron chi connectivity index (χ4n) is 2.78. The maximum Gasteiger partial charge on any atom is 0.123 e. The van der Waals surface area contributed by atoms with E-state index in [1.54, 1.807) is 0 Å². The molecule has 0 bridgehead atoms. The Bertz CT molecular complexity index is 361. The summed E-state index contributed by atoms with van der Waals surface area (Å²) >= 11 is 0. The lowest BCUT2D eigenvalue weighted by Gasteiger charge is -2.24. The van der Waals surface area contributed by atoms with E-state index in [4.69, 9.17) is 4.74 Å². The van der Waals surface area contributed by atoms with Crippen molar-refractivity contribution in [3.63, 3.8) is 0 Å². The first kappa shape index (κ1) is 11.1. The van der Waals surface area contributed by atoms with E-state index in [0.717, 1.165) is 24.6 Å². The number of ether oxygens (including phenoxy) is 1. The van der Waals surface area contributed by atoms with Gasteiger partial charge in [0.25, 0.3) is 0 Å². The largest absolute Gasteiger partial charge is 0.488 e. The molecule has 1 aromatic carbocycles. The Morgan fingerprint density at radius 1 is 1.35 bits per heavy atom. The van der Waals surface area contributed by atoms with E-state index in [-0.39, 0.29) is 0 Å². The molecule has 2 nitrogen and oxygen atoms in total. The molecule has 2 heteroatoms. The molecule has 3 rings (SSSR count). The molecule has 0 amide bonds. The van der Waals surface area contributed by atoms with Crippen LogP contribution in [0.1, 0.15) is 31.7 Å². The molecule has 0 spiro atoms. The van der Waals surface area contributed by atoms with Crippen molar-refractivity contribution in [1.82, 2.24) is 5.32 Å². The molecule has 1 saturated carbocycles. The number of para-hydroxylation sites is 1. The van der Waals surface area contributed by atoms with E-state index in [0.29, 0.717) is 12.1 Å². The molecule has 17 heavy (non-hydrogen) atoms. The molecule has 1 aliphatic carbocycles. The van der Waals surface area contributed by atoms with Crippen LogP contribution in [0.4, 0.5) is 0 Å². The van der Waals surface area contributed by atoms with Gasteiger partial charge in [-0.2, -0.15) is 0 Å². The maximum atomic E-state index is 6.10. The predicted octanol–water partition coefficient (Wildman–Crippen LogP) is 2.77. The number of nitrogens with one attached hydrogen (secondary N) is 1. The van der Waals surface area contributed by atoms with Crippen molar-refractivity contribution in [3.05, 3.63) is 29.8 Å². The Morgan fingerprint density at radius 3 is 2.88 bits per heavy atom. The summed E-state index contributed by atoms with van der Waals surface area (Å²) in [6, 6.07) is 9.02. The van der Waals surface area contributed by atoms with Crippen molar-refractivity contribution in [2.45, 2.75) is 44.8 Å². The van der Waals surface area contributed by atoms with Gasteiger partial charge < -0.3 is 10.1 Å². The van der Waals surface area contributed by atoms with Crippen LogP contribution in [-0.2, 0) is 6.42 Å². The number of fused-ring (bicyclic) bond motifs is 1. The summed E-state index contributed by atoms with van der Waals surface area (Å²) < 4.78 is 6.10. The lowest BCUT2D eigenvalue weighted by atomic mass is 10.0. The molecule has 2 unspecified atom stereocenters. The maximum absolute atomic E-state index is 6.10. The molecule has 1 heterocycles. The molecule has 0 aromatic heterocycles. The lowest BCUT2D eigenvalue weighted by molar-refractivity contribution is 0.165. The van der Waals surface area contributed by atoms with Crippen molar-refractivity contribution in [2.75, 3.05) is 6.54 Å². The summed E-state index contributed by atoms with van der Waals surface area (Å²) in [5, 5.41) is 3.68. The number of benzene rings is 1. The second kappa shape index (κ2) is 4.69. The molecular weight excluding hydrogens is 210 g/mol. The molecule has 1 fully saturated rings. The SMILES string of the molecule is CCCNC(C1CC1)C1Cc2ccccc2O1. The molecule has 1 aliphatic heterocycles. The van der Waals surface area contributed by atoms with Gasteiger partial charge in [0.15, 0.2) is 0 Å². The average Bonchev–Trinajstić information content (AvgIpc) is 3.09. The molecule has 1 N–H and O–H groups in total. The van der Waals surface area contributed by atoms with Gasteiger partial charge in [-0.25, -0.2) is 0 Å². The van der Waals surface area contributed by atoms with Crippen molar-refractivity contribution < 1.29 is 4.74 Å². The number of hydrogen-bond donors (Lipinski definition) is 1. The normalized spacial score (nSPS) is 24.2. The first-order valence-corrected chi connectivity index (χ1v) is 6.86. The van der Waals surface area contributed by atoms with Gasteiger partial charge in [-0.1, -0.05) is 25.1 Å². The third-order valence-electron chi connectivity index (χ3n) is 3.83. The zero-order valence-corrected chi connectivity index (χ0v) is 10.5. The van der Waals surface area contributed by atoms with Crippen molar-refractivity contribution in [2.24, 2.45) is 5.92 Å². The first-order valence-electron chi connectivity index (χ1n) is 6.86. The minimum absolute atomic E-state index is 0.353. The van der Waals surface area contributed by atoms with Gasteiger partial charge in [-0.3, -0.25) is 0 Å². The second-order valence-corrected chi connectivity index (χ2v) is 5.29. The average molecular weight is 231 g/mol. The first-order chi connectivity index (χ1) is 8.38. The van der Waals surface area contributed by atoms with Gasteiger partial charge in [0.1, 0.15) is 11.9 Å². The van der Waals surface area contributed by atoms with Gasteiger partial charge in [0.2, 0.25) is 0 Å². The number of hydrogen-bond acceptors (Lipinski definition) is 2. The predicted molar refractivity (Wildman–Crippen MR) is 69.4 cm³/mol. The van der Waals surface area contributed by atoms with E-state index >= 15 is 0 Å². The molecule has 0 saturated heterocycles. The minimum atomic E-state index is 0.353. The van der Waals surface area contributed by atoms with Gasteiger partial charge >= 0.3 is 0 Å². The highest BCUT2D eigenvalue weighted by molar-refractivity contribution is 5.37. The Labute approximate surface area is 103 Å². The monoisotopic (exact) mass is 231 g/mol. The fraction of sp³-hybridized carbons (Fsp3) is 0.600. The van der Waals surface area contributed by atoms with Crippen LogP contribution < -0.4 is 10.1 Å². The van der Waals surface area contributed by atoms with Crippen LogP contribution >= 0.6 is 0 Å². The van der Waals surface area contributed by atoms with E-state index in [9.17, 15) is 0 Å². The molecule has 0 radical (unpaired) electrons. The summed E-state index contributed by atoms with van der Waals surface area (Å²) in [7, 11) is 0. The van der Waals surface area contributed by atoms with Gasteiger partial charge in [0, 0.05) is 12.5 Å². The Kier molecular flexibility index (Phi) is 3.06. The lowest BCUT2D eigenvalue weighted by Crippen LogP contribution is -2.44. The van der Waals surface area contributed by atoms with Crippen LogP contribution in [0.2, 0.25) is 0 Å². The number of rotatable bonds is 5. The van der Waals surface area contributed by atoms with Crippen LogP contribution in [0, 0.1) is 5.92 Å². The van der Waals surface area contributed by atoms with Gasteiger partial charge in [-0.05, 0) is 43.4 Å². The fourth-order valence-corrected chi connectivity index (χ4v) is 2.78. The molecule has 2 atom stereocenters. The van der Waals surface area contributed by atoms with E-state index in [1.807, 2.05) is 0 Å². The molecular formula is C15H21NO. The summed E-state index contributed by atoms with van der Waals surface area (Å²) in [6.45, 7) is 3.33. The third kappa shape index (κ3) is 2.32. The van der Waals surface area contributed by atoms with Crippen LogP contribution in [0.15, 0.2) is 24.3 Å². The van der Waals surface area contributed by atoms with Crippen LogP contribution in [0.25, 0.3) is 0 Å². The van der Waals surface area contributed by atoms with Crippen LogP contribution in [0.3, 0.4) is 0 Å². The Balaban J connectivity index is 1.68. The topological polar surface area (TPSA) is 21.3 Å². The molecule has 1 aromatic rings. The third-order valence-corrected chi connectivity index (χ3v) is 3.83. The zero-order chi connectivity index (χ0) is 11.7. The van der Waals surface area contributed by atoms with E-state index in [2.05, 4.69) is 36.5 Å². The second-order valence-electron chi connectivity index (χ2n) is 5.29. The van der Waals surface area contributed by atoms with Gasteiger partial charge in [-0.15, -0.1) is 0 Å².